The summed E-state index contributed by atoms with van der Waals surface area (Å²) in [5, 5.41) is 0. The van der Waals surface area contributed by atoms with Crippen LogP contribution in [0.15, 0.2) is 23.1 Å². The van der Waals surface area contributed by atoms with Crippen molar-refractivity contribution in [2.75, 3.05) is 5.75 Å². The molecule has 0 amide bonds. The Morgan fingerprint density at radius 2 is 2.33 bits per heavy atom. The number of quaternary nitrogens is 1. The maximum atomic E-state index is 13.2. The lowest BCUT2D eigenvalue weighted by Crippen LogP contribution is -2.54. The van der Waals surface area contributed by atoms with Gasteiger partial charge in [-0.05, 0) is 6.07 Å². The number of thioether (sulfide) groups is 1. The van der Waals surface area contributed by atoms with Crippen LogP contribution in [-0.4, -0.2) is 5.75 Å². The molecule has 0 radical (unpaired) electrons. The quantitative estimate of drug-likeness (QED) is 0.651. The monoisotopic (exact) mass is 184 g/mol. The van der Waals surface area contributed by atoms with Crippen LogP contribution in [0.25, 0.3) is 0 Å². The second-order valence-electron chi connectivity index (χ2n) is 2.99. The van der Waals surface area contributed by atoms with Gasteiger partial charge in [0.05, 0.1) is 4.90 Å². The second kappa shape index (κ2) is 3.07. The summed E-state index contributed by atoms with van der Waals surface area (Å²) in [5.74, 6) is 0.896. The summed E-state index contributed by atoms with van der Waals surface area (Å²) < 4.78 is 13.2. The number of rotatable bonds is 0. The van der Waals surface area contributed by atoms with Gasteiger partial charge >= 0.3 is 0 Å². The number of halogens is 1. The lowest BCUT2D eigenvalue weighted by Gasteiger charge is -2.18. The number of fused-ring (bicyclic) bond motifs is 1. The number of benzene rings is 1. The van der Waals surface area contributed by atoms with Crippen molar-refractivity contribution in [1.82, 2.24) is 0 Å². The molecule has 0 saturated carbocycles. The zero-order chi connectivity index (χ0) is 8.55. The van der Waals surface area contributed by atoms with Crippen molar-refractivity contribution >= 4 is 11.8 Å². The van der Waals surface area contributed by atoms with E-state index in [1.165, 1.54) is 6.07 Å². The van der Waals surface area contributed by atoms with Gasteiger partial charge in [0.1, 0.15) is 11.9 Å². The van der Waals surface area contributed by atoms with E-state index in [1.807, 2.05) is 6.07 Å². The maximum Gasteiger partial charge on any atom is 0.137 e. The van der Waals surface area contributed by atoms with Gasteiger partial charge < -0.3 is 5.73 Å². The Morgan fingerprint density at radius 3 is 3.08 bits per heavy atom. The first kappa shape index (κ1) is 8.08. The molecule has 0 fully saturated rings. The van der Waals surface area contributed by atoms with E-state index in [0.29, 0.717) is 0 Å². The minimum absolute atomic E-state index is 0.0918. The van der Waals surface area contributed by atoms with Crippen LogP contribution in [-0.2, 0) is 0 Å². The highest BCUT2D eigenvalue weighted by atomic mass is 32.2. The molecule has 0 saturated heterocycles. The molecule has 1 nitrogen and oxygen atoms in total. The molecule has 0 aromatic heterocycles. The van der Waals surface area contributed by atoms with Crippen LogP contribution in [0.1, 0.15) is 18.0 Å². The standard InChI is InChI=1S/C9H10FNS/c10-7-3-1-2-6-8(11)4-5-12-9(6)7/h1-3,8H,4-5,11H2/p+1/t8-/m1/s1. The summed E-state index contributed by atoms with van der Waals surface area (Å²) >= 11 is 1.60. The second-order valence-corrected chi connectivity index (χ2v) is 4.10. The van der Waals surface area contributed by atoms with E-state index in [0.717, 1.165) is 22.6 Å². The molecule has 0 aliphatic carbocycles. The minimum atomic E-state index is -0.0918. The van der Waals surface area contributed by atoms with E-state index >= 15 is 0 Å². The predicted molar refractivity (Wildman–Crippen MR) is 47.4 cm³/mol. The Balaban J connectivity index is 2.52. The Bertz CT molecular complexity index is 301. The van der Waals surface area contributed by atoms with Gasteiger partial charge in [0.15, 0.2) is 0 Å². The average molecular weight is 184 g/mol. The molecule has 3 heteroatoms. The third-order valence-electron chi connectivity index (χ3n) is 2.15. The lowest BCUT2D eigenvalue weighted by atomic mass is 10.1. The van der Waals surface area contributed by atoms with E-state index in [1.54, 1.807) is 17.8 Å². The highest BCUT2D eigenvalue weighted by molar-refractivity contribution is 7.99. The molecule has 0 bridgehead atoms. The first-order chi connectivity index (χ1) is 5.79. The van der Waals surface area contributed by atoms with Crippen molar-refractivity contribution in [3.8, 4) is 0 Å². The van der Waals surface area contributed by atoms with E-state index < -0.39 is 0 Å². The topological polar surface area (TPSA) is 27.6 Å². The SMILES string of the molecule is [NH3+][C@@H]1CCSc2c(F)cccc21. The van der Waals surface area contributed by atoms with Gasteiger partial charge in [-0.3, -0.25) is 0 Å². The molecule has 1 aliphatic rings. The third-order valence-corrected chi connectivity index (χ3v) is 3.31. The fraction of sp³-hybridized carbons (Fsp3) is 0.333. The summed E-state index contributed by atoms with van der Waals surface area (Å²) in [6.07, 6.45) is 1.06. The van der Waals surface area contributed by atoms with Crippen LogP contribution in [0.3, 0.4) is 0 Å². The van der Waals surface area contributed by atoms with Gasteiger partial charge in [0.2, 0.25) is 0 Å². The molecule has 2 rings (SSSR count). The molecule has 12 heavy (non-hydrogen) atoms. The molecule has 64 valence electrons. The van der Waals surface area contributed by atoms with Crippen LogP contribution < -0.4 is 5.73 Å². The molecule has 1 aromatic carbocycles. The Labute approximate surface area is 75.1 Å². The van der Waals surface area contributed by atoms with E-state index in [9.17, 15) is 4.39 Å². The van der Waals surface area contributed by atoms with Crippen molar-refractivity contribution in [1.29, 1.82) is 0 Å². The minimum Gasteiger partial charge on any atom is -0.351 e. The van der Waals surface area contributed by atoms with Gasteiger partial charge in [-0.15, -0.1) is 11.8 Å². The lowest BCUT2D eigenvalue weighted by molar-refractivity contribution is -0.427. The molecule has 1 atom stereocenters. The summed E-state index contributed by atoms with van der Waals surface area (Å²) in [4.78, 5) is 0.809. The van der Waals surface area contributed by atoms with Crippen LogP contribution in [0.5, 0.6) is 0 Å². The summed E-state index contributed by atoms with van der Waals surface area (Å²) in [6, 6.07) is 5.53. The maximum absolute atomic E-state index is 13.2. The zero-order valence-corrected chi connectivity index (χ0v) is 7.53. The predicted octanol–water partition coefficient (Wildman–Crippen LogP) is 1.60. The van der Waals surface area contributed by atoms with Crippen molar-refractivity contribution < 1.29 is 10.1 Å². The van der Waals surface area contributed by atoms with Gasteiger partial charge in [-0.2, -0.15) is 0 Å². The Kier molecular flexibility index (Phi) is 2.07. The molecule has 3 N–H and O–H groups in total. The van der Waals surface area contributed by atoms with E-state index in [-0.39, 0.29) is 11.9 Å². The first-order valence-corrected chi connectivity index (χ1v) is 5.02. The molecule has 0 spiro atoms. The van der Waals surface area contributed by atoms with Crippen molar-refractivity contribution in [2.45, 2.75) is 17.4 Å². The largest absolute Gasteiger partial charge is 0.351 e. The summed E-state index contributed by atoms with van der Waals surface area (Å²) in [5.41, 5.74) is 5.08. The third kappa shape index (κ3) is 1.23. The first-order valence-electron chi connectivity index (χ1n) is 4.03. The summed E-state index contributed by atoms with van der Waals surface area (Å²) in [6.45, 7) is 0. The normalized spacial score (nSPS) is 22.0. The molecule has 1 heterocycles. The molecule has 0 unspecified atom stereocenters. The number of hydrogen-bond acceptors (Lipinski definition) is 1. The van der Waals surface area contributed by atoms with Gasteiger partial charge in [0, 0.05) is 17.7 Å². The van der Waals surface area contributed by atoms with Gasteiger partial charge in [-0.1, -0.05) is 12.1 Å². The van der Waals surface area contributed by atoms with Crippen LogP contribution in [0.2, 0.25) is 0 Å². The molecular formula is C9H11FNS+. The Hall–Kier alpha value is -0.540. The molecule has 1 aromatic rings. The van der Waals surface area contributed by atoms with Crippen LogP contribution in [0.4, 0.5) is 4.39 Å². The van der Waals surface area contributed by atoms with Gasteiger partial charge in [-0.25, -0.2) is 4.39 Å². The van der Waals surface area contributed by atoms with Crippen LogP contribution >= 0.6 is 11.8 Å². The average Bonchev–Trinajstić information content (AvgIpc) is 2.07. The van der Waals surface area contributed by atoms with Gasteiger partial charge in [0.25, 0.3) is 0 Å². The smallest absolute Gasteiger partial charge is 0.137 e. The van der Waals surface area contributed by atoms with E-state index in [2.05, 4.69) is 5.73 Å². The van der Waals surface area contributed by atoms with Crippen molar-refractivity contribution in [3.63, 3.8) is 0 Å². The summed E-state index contributed by atoms with van der Waals surface area (Å²) in [7, 11) is 0. The van der Waals surface area contributed by atoms with Crippen LogP contribution in [0, 0.1) is 5.82 Å². The highest BCUT2D eigenvalue weighted by Gasteiger charge is 2.22. The van der Waals surface area contributed by atoms with Crippen molar-refractivity contribution in [3.05, 3.63) is 29.6 Å². The molecule has 1 aliphatic heterocycles. The van der Waals surface area contributed by atoms with Crippen molar-refractivity contribution in [2.24, 2.45) is 0 Å². The fourth-order valence-corrected chi connectivity index (χ4v) is 2.67. The Morgan fingerprint density at radius 1 is 1.50 bits per heavy atom. The number of hydrogen-bond donors (Lipinski definition) is 1. The highest BCUT2D eigenvalue weighted by Crippen LogP contribution is 2.35. The fourth-order valence-electron chi connectivity index (χ4n) is 1.46. The molecular weight excluding hydrogens is 173 g/mol. The van der Waals surface area contributed by atoms with E-state index in [4.69, 9.17) is 0 Å². The zero-order valence-electron chi connectivity index (χ0n) is 6.72.